The third-order valence-electron chi connectivity index (χ3n) is 6.96. The van der Waals surface area contributed by atoms with Crippen LogP contribution in [-0.2, 0) is 17.9 Å². The average Bonchev–Trinajstić information content (AvgIpc) is 2.87. The predicted octanol–water partition coefficient (Wildman–Crippen LogP) is 1.83. The molecule has 37 heavy (non-hydrogen) atoms. The first-order valence-electron chi connectivity index (χ1n) is 12.5. The first-order valence-corrected chi connectivity index (χ1v) is 12.5. The number of Topliss-reactive ketones (excluding diaryl/α,β-unsaturated/α-hetero) is 1. The molecule has 1 saturated heterocycles. The number of piperidine rings is 1. The zero-order chi connectivity index (χ0) is 26.7. The Labute approximate surface area is 215 Å². The van der Waals surface area contributed by atoms with Gasteiger partial charge < -0.3 is 11.5 Å². The Morgan fingerprint density at radius 1 is 0.865 bits per heavy atom. The number of ketones is 1. The van der Waals surface area contributed by atoms with Gasteiger partial charge in [-0.15, -0.1) is 0 Å². The molecule has 1 aromatic heterocycles. The number of primary amides is 1. The highest BCUT2D eigenvalue weighted by atomic mass is 16.2. The van der Waals surface area contributed by atoms with E-state index in [1.54, 1.807) is 4.90 Å². The Kier molecular flexibility index (Phi) is 7.73. The Morgan fingerprint density at radius 3 is 1.95 bits per heavy atom. The zero-order valence-corrected chi connectivity index (χ0v) is 21.3. The molecule has 0 aliphatic carbocycles. The van der Waals surface area contributed by atoms with E-state index in [1.165, 1.54) is 4.57 Å². The van der Waals surface area contributed by atoms with E-state index < -0.39 is 29.0 Å². The van der Waals surface area contributed by atoms with Gasteiger partial charge in [0.1, 0.15) is 11.4 Å². The van der Waals surface area contributed by atoms with Crippen molar-refractivity contribution in [3.05, 3.63) is 97.2 Å². The van der Waals surface area contributed by atoms with Crippen LogP contribution in [0.5, 0.6) is 0 Å². The Hall–Kier alpha value is -3.98. The topological polar surface area (TPSA) is 133 Å². The summed E-state index contributed by atoms with van der Waals surface area (Å²) in [6, 6.07) is 14.5. The second kappa shape index (κ2) is 11.0. The monoisotopic (exact) mass is 503 g/mol. The third-order valence-corrected chi connectivity index (χ3v) is 6.96. The molecule has 9 heteroatoms. The van der Waals surface area contributed by atoms with Crippen molar-refractivity contribution >= 4 is 17.5 Å². The average molecular weight is 504 g/mol. The Morgan fingerprint density at radius 2 is 1.41 bits per heavy atom. The lowest BCUT2D eigenvalue weighted by Gasteiger charge is -2.33. The molecule has 4 rings (SSSR count). The molecule has 1 atom stereocenters. The normalized spacial score (nSPS) is 16.0. The van der Waals surface area contributed by atoms with Crippen LogP contribution in [0.3, 0.4) is 0 Å². The maximum Gasteiger partial charge on any atom is 0.333 e. The van der Waals surface area contributed by atoms with Gasteiger partial charge in [-0.05, 0) is 44.4 Å². The molecular weight excluding hydrogens is 470 g/mol. The molecule has 1 unspecified atom stereocenters. The highest BCUT2D eigenvalue weighted by Gasteiger charge is 2.31. The molecule has 1 fully saturated rings. The summed E-state index contributed by atoms with van der Waals surface area (Å²) in [6.07, 6.45) is 2.21. The molecule has 2 heterocycles. The molecular formula is C28H33N5O4. The van der Waals surface area contributed by atoms with Gasteiger partial charge in [0.25, 0.3) is 5.56 Å². The number of anilines is 1. The summed E-state index contributed by atoms with van der Waals surface area (Å²) in [7, 11) is 0. The molecule has 9 nitrogen and oxygen atoms in total. The molecule has 1 amide bonds. The lowest BCUT2D eigenvalue weighted by molar-refractivity contribution is -0.124. The van der Waals surface area contributed by atoms with Crippen LogP contribution >= 0.6 is 0 Å². The van der Waals surface area contributed by atoms with Gasteiger partial charge in [-0.3, -0.25) is 28.4 Å². The number of benzene rings is 2. The number of aromatic nitrogens is 2. The maximum atomic E-state index is 13.6. The lowest BCUT2D eigenvalue weighted by Crippen LogP contribution is -2.51. The largest absolute Gasteiger partial charge is 0.384 e. The highest BCUT2D eigenvalue weighted by molar-refractivity contribution is 6.01. The quantitative estimate of drug-likeness (QED) is 0.451. The number of nitrogens with zero attached hydrogens (tertiary/aromatic N) is 3. The van der Waals surface area contributed by atoms with Gasteiger partial charge >= 0.3 is 5.69 Å². The van der Waals surface area contributed by atoms with E-state index in [4.69, 9.17) is 11.5 Å². The van der Waals surface area contributed by atoms with E-state index in [0.29, 0.717) is 13.0 Å². The fourth-order valence-corrected chi connectivity index (χ4v) is 4.79. The number of hydrogen-bond donors (Lipinski definition) is 2. The second-order valence-corrected chi connectivity index (χ2v) is 9.80. The number of likely N-dealkylation sites (tertiary alicyclic amines) is 1. The van der Waals surface area contributed by atoms with Gasteiger partial charge in [-0.1, -0.05) is 66.1 Å². The summed E-state index contributed by atoms with van der Waals surface area (Å²) >= 11 is 0. The fraction of sp³-hybridized carbons (Fsp3) is 0.357. The van der Waals surface area contributed by atoms with Crippen molar-refractivity contribution in [2.24, 2.45) is 5.73 Å². The number of rotatable bonds is 8. The number of nitrogen functional groups attached to an aromatic ring is 1. The Balaban J connectivity index is 1.79. The van der Waals surface area contributed by atoms with Gasteiger partial charge in [-0.2, -0.15) is 0 Å². The molecule has 1 aliphatic rings. The minimum atomic E-state index is -0.735. The third kappa shape index (κ3) is 5.72. The molecule has 0 bridgehead atoms. The summed E-state index contributed by atoms with van der Waals surface area (Å²) in [4.78, 5) is 54.3. The van der Waals surface area contributed by atoms with Crippen LogP contribution in [0.25, 0.3) is 0 Å². The SMILES string of the molecule is Cc1ccc(Cn2c(N)c(C(=O)CN3CCCCC3C(N)=O)c(=O)n(Cc3ccc(C)cc3)c2=O)cc1. The number of hydrogen-bond acceptors (Lipinski definition) is 6. The summed E-state index contributed by atoms with van der Waals surface area (Å²) in [5.41, 5.74) is 14.0. The summed E-state index contributed by atoms with van der Waals surface area (Å²) in [5.74, 6) is -1.21. The summed E-state index contributed by atoms with van der Waals surface area (Å²) in [6.45, 7) is 4.35. The van der Waals surface area contributed by atoms with Crippen molar-refractivity contribution in [1.82, 2.24) is 14.0 Å². The van der Waals surface area contributed by atoms with Gasteiger partial charge in [0.15, 0.2) is 5.78 Å². The minimum absolute atomic E-state index is 0.0000295. The second-order valence-electron chi connectivity index (χ2n) is 9.80. The van der Waals surface area contributed by atoms with E-state index in [9.17, 15) is 19.2 Å². The molecule has 194 valence electrons. The molecule has 0 radical (unpaired) electrons. The van der Waals surface area contributed by atoms with Crippen molar-refractivity contribution < 1.29 is 9.59 Å². The molecule has 4 N–H and O–H groups in total. The van der Waals surface area contributed by atoms with Crippen LogP contribution in [0.1, 0.15) is 51.9 Å². The molecule has 0 saturated carbocycles. The lowest BCUT2D eigenvalue weighted by atomic mass is 10.0. The number of aryl methyl sites for hydroxylation is 2. The fourth-order valence-electron chi connectivity index (χ4n) is 4.79. The van der Waals surface area contributed by atoms with E-state index in [2.05, 4.69) is 0 Å². The van der Waals surface area contributed by atoms with Crippen LogP contribution in [0.4, 0.5) is 5.82 Å². The van der Waals surface area contributed by atoms with Crippen molar-refractivity contribution in [3.63, 3.8) is 0 Å². The van der Waals surface area contributed by atoms with E-state index in [1.807, 2.05) is 62.4 Å². The van der Waals surface area contributed by atoms with Crippen LogP contribution in [0.2, 0.25) is 0 Å². The van der Waals surface area contributed by atoms with E-state index in [0.717, 1.165) is 39.7 Å². The van der Waals surface area contributed by atoms with Crippen molar-refractivity contribution in [1.29, 1.82) is 0 Å². The number of carbonyl (C=O) groups is 2. The van der Waals surface area contributed by atoms with Crippen molar-refractivity contribution in [2.45, 2.75) is 52.2 Å². The summed E-state index contributed by atoms with van der Waals surface area (Å²) < 4.78 is 2.33. The zero-order valence-electron chi connectivity index (χ0n) is 21.3. The van der Waals surface area contributed by atoms with Gasteiger partial charge in [0, 0.05) is 0 Å². The first kappa shape index (κ1) is 26.1. The number of carbonyl (C=O) groups excluding carboxylic acids is 2. The smallest absolute Gasteiger partial charge is 0.333 e. The Bertz CT molecular complexity index is 1420. The maximum absolute atomic E-state index is 13.6. The van der Waals surface area contributed by atoms with Crippen LogP contribution in [-0.4, -0.2) is 44.9 Å². The van der Waals surface area contributed by atoms with Gasteiger partial charge in [0.05, 0.1) is 25.7 Å². The first-order chi connectivity index (χ1) is 17.7. The van der Waals surface area contributed by atoms with Crippen molar-refractivity contribution in [3.8, 4) is 0 Å². The van der Waals surface area contributed by atoms with Crippen LogP contribution in [0.15, 0.2) is 58.1 Å². The standard InChI is InChI=1S/C28H33N5O4/c1-18-6-10-20(11-7-18)15-32-25(29)24(23(34)17-31-14-4-3-5-22(31)26(30)35)27(36)33(28(32)37)16-21-12-8-19(2)9-13-21/h6-13,22H,3-5,14-17,29H2,1-2H3,(H2,30,35). The molecule has 0 spiro atoms. The predicted molar refractivity (Wildman–Crippen MR) is 143 cm³/mol. The van der Waals surface area contributed by atoms with E-state index >= 15 is 0 Å². The van der Waals surface area contributed by atoms with Crippen LogP contribution < -0.4 is 22.7 Å². The van der Waals surface area contributed by atoms with Crippen LogP contribution in [0, 0.1) is 13.8 Å². The van der Waals surface area contributed by atoms with Crippen molar-refractivity contribution in [2.75, 3.05) is 18.8 Å². The van der Waals surface area contributed by atoms with Gasteiger partial charge in [0.2, 0.25) is 5.91 Å². The molecule has 2 aromatic carbocycles. The molecule has 1 aliphatic heterocycles. The number of amides is 1. The van der Waals surface area contributed by atoms with E-state index in [-0.39, 0.29) is 31.0 Å². The highest BCUT2D eigenvalue weighted by Crippen LogP contribution is 2.18. The summed E-state index contributed by atoms with van der Waals surface area (Å²) in [5, 5.41) is 0. The minimum Gasteiger partial charge on any atom is -0.384 e. The molecule has 3 aromatic rings. The van der Waals surface area contributed by atoms with Gasteiger partial charge in [-0.25, -0.2) is 4.79 Å². The number of nitrogens with two attached hydrogens (primary N) is 2.